The third-order valence-corrected chi connectivity index (χ3v) is 6.23. The van der Waals surface area contributed by atoms with Crippen molar-refractivity contribution in [1.29, 1.82) is 0 Å². The Labute approximate surface area is 189 Å². The van der Waals surface area contributed by atoms with Gasteiger partial charge in [0.1, 0.15) is 17.5 Å². The van der Waals surface area contributed by atoms with Gasteiger partial charge in [-0.3, -0.25) is 14.5 Å². The van der Waals surface area contributed by atoms with Crippen LogP contribution in [-0.4, -0.2) is 42.2 Å². The van der Waals surface area contributed by atoms with Crippen LogP contribution in [0.3, 0.4) is 0 Å². The average Bonchev–Trinajstić information content (AvgIpc) is 3.17. The van der Waals surface area contributed by atoms with Crippen molar-refractivity contribution in [3.05, 3.63) is 59.7 Å². The molecule has 1 aliphatic heterocycles. The summed E-state index contributed by atoms with van der Waals surface area (Å²) >= 11 is 0. The zero-order chi connectivity index (χ0) is 23.6. The van der Waals surface area contributed by atoms with Gasteiger partial charge in [0.05, 0.1) is 19.3 Å². The summed E-state index contributed by atoms with van der Waals surface area (Å²) in [6.07, 6.45) is -0.676. The van der Waals surface area contributed by atoms with E-state index in [2.05, 4.69) is 5.32 Å². The van der Waals surface area contributed by atoms with Crippen molar-refractivity contribution in [2.45, 2.75) is 50.0 Å². The predicted octanol–water partition coefficient (Wildman–Crippen LogP) is 4.85. The van der Waals surface area contributed by atoms with E-state index in [1.54, 1.807) is 24.3 Å². The number of benzene rings is 2. The topological polar surface area (TPSA) is 67.9 Å². The van der Waals surface area contributed by atoms with Gasteiger partial charge in [0, 0.05) is 11.3 Å². The van der Waals surface area contributed by atoms with Crippen LogP contribution in [-0.2, 0) is 15.7 Å². The Kier molecular flexibility index (Phi) is 6.34. The first-order chi connectivity index (χ1) is 15.7. The predicted molar refractivity (Wildman–Crippen MR) is 115 cm³/mol. The Morgan fingerprint density at radius 2 is 1.67 bits per heavy atom. The van der Waals surface area contributed by atoms with Crippen molar-refractivity contribution in [2.75, 3.05) is 19.0 Å². The summed E-state index contributed by atoms with van der Waals surface area (Å²) in [6, 6.07) is 9.93. The molecular formula is C24H25F3N2O4. The van der Waals surface area contributed by atoms with Gasteiger partial charge < -0.3 is 14.8 Å². The van der Waals surface area contributed by atoms with Crippen LogP contribution in [0.4, 0.5) is 18.9 Å². The summed E-state index contributed by atoms with van der Waals surface area (Å²) in [5, 5.41) is 2.81. The van der Waals surface area contributed by atoms with Gasteiger partial charge in [-0.25, -0.2) is 0 Å². The molecule has 6 nitrogen and oxygen atoms in total. The van der Waals surface area contributed by atoms with Gasteiger partial charge in [-0.15, -0.1) is 0 Å². The van der Waals surface area contributed by atoms with Crippen LogP contribution in [0.15, 0.2) is 48.5 Å². The molecular weight excluding hydrogens is 437 g/mol. The zero-order valence-electron chi connectivity index (χ0n) is 18.2. The van der Waals surface area contributed by atoms with Crippen molar-refractivity contribution in [3.63, 3.8) is 0 Å². The van der Waals surface area contributed by atoms with Crippen molar-refractivity contribution < 1.29 is 32.2 Å². The molecule has 1 atom stereocenters. The van der Waals surface area contributed by atoms with Crippen LogP contribution in [0, 0.1) is 0 Å². The molecule has 1 saturated carbocycles. The Morgan fingerprint density at radius 3 is 2.24 bits per heavy atom. The number of ether oxygens (including phenoxy) is 2. The second-order valence-corrected chi connectivity index (χ2v) is 8.30. The first kappa shape index (κ1) is 23.1. The Morgan fingerprint density at radius 1 is 1.03 bits per heavy atom. The lowest BCUT2D eigenvalue weighted by Crippen LogP contribution is -2.55. The number of alkyl halides is 3. The number of carbonyl (C=O) groups excluding carboxylic acids is 2. The van der Waals surface area contributed by atoms with E-state index in [4.69, 9.17) is 9.47 Å². The molecule has 0 bridgehead atoms. The highest BCUT2D eigenvalue weighted by atomic mass is 19.4. The average molecular weight is 462 g/mol. The van der Waals surface area contributed by atoms with Gasteiger partial charge in [0.2, 0.25) is 5.91 Å². The lowest BCUT2D eigenvalue weighted by atomic mass is 9.89. The minimum atomic E-state index is -4.50. The first-order valence-electron chi connectivity index (χ1n) is 10.8. The van der Waals surface area contributed by atoms with Crippen molar-refractivity contribution in [3.8, 4) is 5.75 Å². The number of hydrogen-bond acceptors (Lipinski definition) is 4. The highest BCUT2D eigenvalue weighted by Gasteiger charge is 2.53. The quantitative estimate of drug-likeness (QED) is 0.705. The van der Waals surface area contributed by atoms with Gasteiger partial charge in [-0.2, -0.15) is 13.2 Å². The molecule has 33 heavy (non-hydrogen) atoms. The van der Waals surface area contributed by atoms with Gasteiger partial charge in [-0.1, -0.05) is 6.42 Å². The smallest absolute Gasteiger partial charge is 0.416 e. The molecule has 1 saturated heterocycles. The fourth-order valence-electron chi connectivity index (χ4n) is 4.51. The minimum absolute atomic E-state index is 0.0222. The molecule has 9 heteroatoms. The van der Waals surface area contributed by atoms with Crippen LogP contribution in [0.25, 0.3) is 0 Å². The number of halogens is 3. The molecule has 1 N–H and O–H groups in total. The molecule has 2 aromatic rings. The molecule has 1 aliphatic carbocycles. The number of methoxy groups -OCH3 is 1. The molecule has 0 unspecified atom stereocenters. The normalized spacial score (nSPS) is 20.0. The summed E-state index contributed by atoms with van der Waals surface area (Å²) in [4.78, 5) is 28.1. The second-order valence-electron chi connectivity index (χ2n) is 8.30. The molecule has 1 spiro atoms. The monoisotopic (exact) mass is 462 g/mol. The number of rotatable bonds is 4. The maximum Gasteiger partial charge on any atom is 0.416 e. The first-order valence-corrected chi connectivity index (χ1v) is 10.8. The third kappa shape index (κ3) is 4.68. The largest absolute Gasteiger partial charge is 0.497 e. The van der Waals surface area contributed by atoms with E-state index in [9.17, 15) is 22.8 Å². The number of anilines is 1. The fraction of sp³-hybridized carbons (Fsp3) is 0.417. The van der Waals surface area contributed by atoms with Gasteiger partial charge >= 0.3 is 6.18 Å². The Balaban J connectivity index is 1.60. The van der Waals surface area contributed by atoms with E-state index >= 15 is 0 Å². The summed E-state index contributed by atoms with van der Waals surface area (Å²) in [5.74, 6) is -0.293. The Hall–Kier alpha value is -3.07. The summed E-state index contributed by atoms with van der Waals surface area (Å²) < 4.78 is 50.0. The highest BCUT2D eigenvalue weighted by Crippen LogP contribution is 2.42. The standard InChI is InChI=1S/C24H25F3N2O4/c1-32-19-11-9-18(10-12-19)28-21(30)20-15-33-23(13-3-2-4-14-23)29(20)22(31)16-5-7-17(8-6-16)24(25,26)27/h5-12,20H,2-4,13-15H2,1H3,(H,28,30)/t20-/m0/s1. The fourth-order valence-corrected chi connectivity index (χ4v) is 4.51. The van der Waals surface area contributed by atoms with Crippen molar-refractivity contribution in [2.24, 2.45) is 0 Å². The summed E-state index contributed by atoms with van der Waals surface area (Å²) in [5.41, 5.74) is -1.15. The lowest BCUT2D eigenvalue weighted by Gasteiger charge is -2.41. The number of carbonyl (C=O) groups is 2. The van der Waals surface area contributed by atoms with Crippen LogP contribution in [0.1, 0.15) is 48.0 Å². The van der Waals surface area contributed by atoms with Crippen molar-refractivity contribution >= 4 is 17.5 Å². The molecule has 2 aliphatic rings. The number of nitrogens with zero attached hydrogens (tertiary/aromatic N) is 1. The van der Waals surface area contributed by atoms with E-state index in [0.717, 1.165) is 43.5 Å². The second kappa shape index (κ2) is 9.05. The van der Waals surface area contributed by atoms with E-state index in [-0.39, 0.29) is 12.2 Å². The van der Waals surface area contributed by atoms with Crippen molar-refractivity contribution in [1.82, 2.24) is 4.90 Å². The minimum Gasteiger partial charge on any atom is -0.497 e. The van der Waals surface area contributed by atoms with E-state index < -0.39 is 35.3 Å². The molecule has 176 valence electrons. The molecule has 2 fully saturated rings. The SMILES string of the molecule is COc1ccc(NC(=O)[C@@H]2COC3(CCCCC3)N2C(=O)c2ccc(C(F)(F)F)cc2)cc1. The van der Waals surface area contributed by atoms with Crippen LogP contribution in [0.2, 0.25) is 0 Å². The number of amides is 2. The molecule has 4 rings (SSSR count). The summed E-state index contributed by atoms with van der Waals surface area (Å²) in [7, 11) is 1.54. The lowest BCUT2D eigenvalue weighted by molar-refractivity contribution is -0.137. The van der Waals surface area contributed by atoms with E-state index in [1.807, 2.05) is 0 Å². The molecule has 0 radical (unpaired) electrons. The van der Waals surface area contributed by atoms with E-state index in [0.29, 0.717) is 24.3 Å². The summed E-state index contributed by atoms with van der Waals surface area (Å²) in [6.45, 7) is 0.0222. The van der Waals surface area contributed by atoms with Crippen LogP contribution < -0.4 is 10.1 Å². The number of hydrogen-bond donors (Lipinski definition) is 1. The molecule has 1 heterocycles. The number of nitrogens with one attached hydrogen (secondary N) is 1. The van der Waals surface area contributed by atoms with Gasteiger partial charge in [-0.05, 0) is 74.2 Å². The van der Waals surface area contributed by atoms with Crippen LogP contribution >= 0.6 is 0 Å². The maximum absolute atomic E-state index is 13.5. The van der Waals surface area contributed by atoms with Gasteiger partial charge in [0.25, 0.3) is 5.91 Å². The zero-order valence-corrected chi connectivity index (χ0v) is 18.2. The molecule has 2 aromatic carbocycles. The van der Waals surface area contributed by atoms with Gasteiger partial charge in [0.15, 0.2) is 0 Å². The third-order valence-electron chi connectivity index (χ3n) is 6.23. The molecule has 0 aromatic heterocycles. The highest BCUT2D eigenvalue weighted by molar-refractivity contribution is 6.02. The van der Waals surface area contributed by atoms with Crippen LogP contribution in [0.5, 0.6) is 5.75 Å². The molecule has 2 amide bonds. The maximum atomic E-state index is 13.5. The Bertz CT molecular complexity index is 1000. The van der Waals surface area contributed by atoms with E-state index in [1.165, 1.54) is 12.0 Å².